The molecule has 0 radical (unpaired) electrons. The van der Waals surface area contributed by atoms with Gasteiger partial charge in [0.2, 0.25) is 0 Å². The number of benzene rings is 2. The molecule has 0 aliphatic carbocycles. The SMILES string of the molecule is CC(C)c1ccc(Oc2ccc(Br)cc2)cc1. The maximum atomic E-state index is 5.75. The first-order valence-electron chi connectivity index (χ1n) is 5.68. The fraction of sp³-hybridized carbons (Fsp3) is 0.200. The largest absolute Gasteiger partial charge is 0.457 e. The first kappa shape index (κ1) is 12.2. The van der Waals surface area contributed by atoms with Crippen LogP contribution < -0.4 is 4.74 Å². The van der Waals surface area contributed by atoms with Gasteiger partial charge >= 0.3 is 0 Å². The molecule has 2 rings (SSSR count). The Morgan fingerprint density at radius 2 is 1.29 bits per heavy atom. The molecule has 0 saturated heterocycles. The summed E-state index contributed by atoms with van der Waals surface area (Å²) < 4.78 is 6.80. The van der Waals surface area contributed by atoms with Crippen LogP contribution in [0.4, 0.5) is 0 Å². The maximum absolute atomic E-state index is 5.75. The molecule has 1 nitrogen and oxygen atoms in total. The minimum absolute atomic E-state index is 0.553. The van der Waals surface area contributed by atoms with Gasteiger partial charge in [-0.1, -0.05) is 41.9 Å². The molecule has 0 fully saturated rings. The van der Waals surface area contributed by atoms with Crippen LogP contribution in [0.2, 0.25) is 0 Å². The Labute approximate surface area is 111 Å². The smallest absolute Gasteiger partial charge is 0.127 e. The fourth-order valence-electron chi connectivity index (χ4n) is 1.56. The number of hydrogen-bond donors (Lipinski definition) is 0. The van der Waals surface area contributed by atoms with Crippen LogP contribution in [0.5, 0.6) is 11.5 Å². The zero-order valence-electron chi connectivity index (χ0n) is 9.98. The summed E-state index contributed by atoms with van der Waals surface area (Å²) in [5.74, 6) is 2.28. The van der Waals surface area contributed by atoms with Crippen molar-refractivity contribution in [2.75, 3.05) is 0 Å². The molecular formula is C15H15BrO. The lowest BCUT2D eigenvalue weighted by Crippen LogP contribution is -1.88. The lowest BCUT2D eigenvalue weighted by atomic mass is 10.0. The normalized spacial score (nSPS) is 10.6. The highest BCUT2D eigenvalue weighted by Crippen LogP contribution is 2.25. The van der Waals surface area contributed by atoms with E-state index in [4.69, 9.17) is 4.74 Å². The van der Waals surface area contributed by atoms with Gasteiger partial charge in [0.25, 0.3) is 0 Å². The van der Waals surface area contributed by atoms with E-state index in [-0.39, 0.29) is 0 Å². The summed E-state index contributed by atoms with van der Waals surface area (Å²) in [5, 5.41) is 0. The molecule has 0 aliphatic rings. The van der Waals surface area contributed by atoms with Crippen molar-refractivity contribution < 1.29 is 4.74 Å². The number of halogens is 1. The number of ether oxygens (including phenoxy) is 1. The molecule has 0 heterocycles. The van der Waals surface area contributed by atoms with E-state index in [0.29, 0.717) is 5.92 Å². The van der Waals surface area contributed by atoms with Crippen molar-refractivity contribution in [1.29, 1.82) is 0 Å². The van der Waals surface area contributed by atoms with Gasteiger partial charge < -0.3 is 4.74 Å². The monoisotopic (exact) mass is 290 g/mol. The minimum Gasteiger partial charge on any atom is -0.457 e. The molecule has 0 unspecified atom stereocenters. The van der Waals surface area contributed by atoms with E-state index in [1.54, 1.807) is 0 Å². The summed E-state index contributed by atoms with van der Waals surface area (Å²) in [6.45, 7) is 4.37. The minimum atomic E-state index is 0.553. The second-order valence-corrected chi connectivity index (χ2v) is 5.20. The highest BCUT2D eigenvalue weighted by Gasteiger charge is 2.00. The van der Waals surface area contributed by atoms with Gasteiger partial charge in [0.15, 0.2) is 0 Å². The van der Waals surface area contributed by atoms with Gasteiger partial charge in [-0.2, -0.15) is 0 Å². The van der Waals surface area contributed by atoms with Gasteiger partial charge in [-0.25, -0.2) is 0 Å². The summed E-state index contributed by atoms with van der Waals surface area (Å²) in [6.07, 6.45) is 0. The maximum Gasteiger partial charge on any atom is 0.127 e. The summed E-state index contributed by atoms with van der Waals surface area (Å²) in [6, 6.07) is 16.1. The third-order valence-corrected chi connectivity index (χ3v) is 3.12. The molecule has 0 N–H and O–H groups in total. The van der Waals surface area contributed by atoms with Crippen molar-refractivity contribution in [3.8, 4) is 11.5 Å². The number of hydrogen-bond acceptors (Lipinski definition) is 1. The molecule has 2 aromatic carbocycles. The second kappa shape index (κ2) is 5.37. The van der Waals surface area contributed by atoms with Gasteiger partial charge in [0.05, 0.1) is 0 Å². The van der Waals surface area contributed by atoms with Crippen LogP contribution in [-0.2, 0) is 0 Å². The fourth-order valence-corrected chi connectivity index (χ4v) is 1.82. The van der Waals surface area contributed by atoms with Crippen molar-refractivity contribution in [2.24, 2.45) is 0 Å². The van der Waals surface area contributed by atoms with Gasteiger partial charge in [0, 0.05) is 4.47 Å². The van der Waals surface area contributed by atoms with Gasteiger partial charge in [-0.15, -0.1) is 0 Å². The summed E-state index contributed by atoms with van der Waals surface area (Å²) in [4.78, 5) is 0. The summed E-state index contributed by atoms with van der Waals surface area (Å²) in [5.41, 5.74) is 1.33. The third-order valence-electron chi connectivity index (χ3n) is 2.60. The molecule has 17 heavy (non-hydrogen) atoms. The Balaban J connectivity index is 2.11. The van der Waals surface area contributed by atoms with E-state index < -0.39 is 0 Å². The predicted octanol–water partition coefficient (Wildman–Crippen LogP) is 5.36. The van der Waals surface area contributed by atoms with E-state index in [1.807, 2.05) is 36.4 Å². The zero-order valence-corrected chi connectivity index (χ0v) is 11.6. The van der Waals surface area contributed by atoms with Crippen molar-refractivity contribution >= 4 is 15.9 Å². The van der Waals surface area contributed by atoms with Crippen molar-refractivity contribution in [1.82, 2.24) is 0 Å². The third kappa shape index (κ3) is 3.34. The predicted molar refractivity (Wildman–Crippen MR) is 74.7 cm³/mol. The Morgan fingerprint density at radius 1 is 0.824 bits per heavy atom. The molecular weight excluding hydrogens is 276 g/mol. The van der Waals surface area contributed by atoms with Crippen LogP contribution in [0.25, 0.3) is 0 Å². The molecule has 0 atom stereocenters. The molecule has 0 amide bonds. The standard InChI is InChI=1S/C15H15BrO/c1-11(2)12-3-7-14(8-4-12)17-15-9-5-13(16)6-10-15/h3-11H,1-2H3. The van der Waals surface area contributed by atoms with Crippen LogP contribution >= 0.6 is 15.9 Å². The molecule has 0 bridgehead atoms. The average Bonchev–Trinajstić information content (AvgIpc) is 2.33. The van der Waals surface area contributed by atoms with Crippen LogP contribution in [0.15, 0.2) is 53.0 Å². The first-order valence-corrected chi connectivity index (χ1v) is 6.48. The van der Waals surface area contributed by atoms with E-state index in [9.17, 15) is 0 Å². The van der Waals surface area contributed by atoms with E-state index >= 15 is 0 Å². The number of rotatable bonds is 3. The molecule has 0 saturated carbocycles. The van der Waals surface area contributed by atoms with Crippen molar-refractivity contribution in [3.05, 3.63) is 58.6 Å². The van der Waals surface area contributed by atoms with Crippen LogP contribution in [0, 0.1) is 0 Å². The molecule has 2 aromatic rings. The lowest BCUT2D eigenvalue weighted by Gasteiger charge is -2.08. The lowest BCUT2D eigenvalue weighted by molar-refractivity contribution is 0.482. The molecule has 88 valence electrons. The van der Waals surface area contributed by atoms with E-state index in [2.05, 4.69) is 41.9 Å². The molecule has 2 heteroatoms. The summed E-state index contributed by atoms with van der Waals surface area (Å²) >= 11 is 3.40. The van der Waals surface area contributed by atoms with Gasteiger partial charge in [-0.05, 0) is 47.9 Å². The second-order valence-electron chi connectivity index (χ2n) is 4.28. The highest BCUT2D eigenvalue weighted by atomic mass is 79.9. The Morgan fingerprint density at radius 3 is 1.76 bits per heavy atom. The van der Waals surface area contributed by atoms with Gasteiger partial charge in [0.1, 0.15) is 11.5 Å². The van der Waals surface area contributed by atoms with Crippen molar-refractivity contribution in [2.45, 2.75) is 19.8 Å². The highest BCUT2D eigenvalue weighted by molar-refractivity contribution is 9.10. The average molecular weight is 291 g/mol. The van der Waals surface area contributed by atoms with Crippen LogP contribution in [0.3, 0.4) is 0 Å². The summed E-state index contributed by atoms with van der Waals surface area (Å²) in [7, 11) is 0. The quantitative estimate of drug-likeness (QED) is 0.739. The molecule has 0 aromatic heterocycles. The zero-order chi connectivity index (χ0) is 12.3. The van der Waals surface area contributed by atoms with Crippen LogP contribution in [0.1, 0.15) is 25.3 Å². The Kier molecular flexibility index (Phi) is 3.85. The molecule has 0 spiro atoms. The van der Waals surface area contributed by atoms with Crippen molar-refractivity contribution in [3.63, 3.8) is 0 Å². The Hall–Kier alpha value is -1.28. The topological polar surface area (TPSA) is 9.23 Å². The molecule has 0 aliphatic heterocycles. The van der Waals surface area contributed by atoms with E-state index in [0.717, 1.165) is 16.0 Å². The van der Waals surface area contributed by atoms with E-state index in [1.165, 1.54) is 5.56 Å². The first-order chi connectivity index (χ1) is 8.15. The van der Waals surface area contributed by atoms with Gasteiger partial charge in [-0.3, -0.25) is 0 Å². The van der Waals surface area contributed by atoms with Crippen LogP contribution in [-0.4, -0.2) is 0 Å². The Bertz CT molecular complexity index is 471.